The van der Waals surface area contributed by atoms with Crippen LogP contribution in [0.1, 0.15) is 66.2 Å². The van der Waals surface area contributed by atoms with Crippen LogP contribution >= 0.6 is 0 Å². The van der Waals surface area contributed by atoms with E-state index in [0.29, 0.717) is 19.4 Å². The number of hydroxylamine groups is 1. The quantitative estimate of drug-likeness (QED) is 0.419. The van der Waals surface area contributed by atoms with E-state index >= 15 is 0 Å². The molecule has 0 bridgehead atoms. The Morgan fingerprint density at radius 3 is 2.54 bits per heavy atom. The smallest absolute Gasteiger partial charge is 0.329 e. The van der Waals surface area contributed by atoms with Crippen LogP contribution in [0.4, 0.5) is 0 Å². The lowest BCUT2D eigenvalue weighted by atomic mass is 9.96. The average Bonchev–Trinajstić information content (AvgIpc) is 2.98. The second-order valence-electron chi connectivity index (χ2n) is 7.30. The van der Waals surface area contributed by atoms with Crippen molar-refractivity contribution in [3.8, 4) is 0 Å². The molecule has 24 heavy (non-hydrogen) atoms. The second-order valence-corrected chi connectivity index (χ2v) is 7.30. The third-order valence-electron chi connectivity index (χ3n) is 4.03. The van der Waals surface area contributed by atoms with E-state index in [-0.39, 0.29) is 12.3 Å². The fourth-order valence-electron chi connectivity index (χ4n) is 2.91. The predicted molar refractivity (Wildman–Crippen MR) is 88.1 cm³/mol. The Morgan fingerprint density at radius 1 is 1.33 bits per heavy atom. The Morgan fingerprint density at radius 2 is 2.00 bits per heavy atom. The number of hydrogen-bond donors (Lipinski definition) is 2. The summed E-state index contributed by atoms with van der Waals surface area (Å²) >= 11 is 0. The molecule has 0 radical (unpaired) electrons. The van der Waals surface area contributed by atoms with Crippen LogP contribution < -0.4 is 5.48 Å². The van der Waals surface area contributed by atoms with Crippen molar-refractivity contribution >= 4 is 17.8 Å². The third-order valence-corrected chi connectivity index (χ3v) is 4.03. The van der Waals surface area contributed by atoms with Crippen molar-refractivity contribution in [1.29, 1.82) is 0 Å². The Hall–Kier alpha value is -1.63. The first-order chi connectivity index (χ1) is 11.2. The minimum atomic E-state index is -0.604. The minimum Gasteiger partial charge on any atom is -0.458 e. The number of amides is 2. The van der Waals surface area contributed by atoms with Crippen molar-refractivity contribution in [2.24, 2.45) is 5.92 Å². The monoisotopic (exact) mass is 342 g/mol. The fourth-order valence-corrected chi connectivity index (χ4v) is 2.91. The summed E-state index contributed by atoms with van der Waals surface area (Å²) in [6.07, 6.45) is 3.50. The summed E-state index contributed by atoms with van der Waals surface area (Å²) in [5, 5.41) is 8.73. The molecule has 0 saturated carbocycles. The zero-order chi connectivity index (χ0) is 18.3. The highest BCUT2D eigenvalue weighted by Crippen LogP contribution is 2.26. The number of ether oxygens (including phenoxy) is 1. The fraction of sp³-hybridized carbons (Fsp3) is 0.824. The van der Waals surface area contributed by atoms with Crippen molar-refractivity contribution in [2.45, 2.75) is 77.9 Å². The van der Waals surface area contributed by atoms with Gasteiger partial charge >= 0.3 is 5.97 Å². The van der Waals surface area contributed by atoms with Gasteiger partial charge in [0.2, 0.25) is 11.8 Å². The van der Waals surface area contributed by atoms with E-state index in [1.165, 1.54) is 0 Å². The molecule has 138 valence electrons. The molecular formula is C17H30N2O5. The van der Waals surface area contributed by atoms with Gasteiger partial charge in [0.05, 0.1) is 0 Å². The summed E-state index contributed by atoms with van der Waals surface area (Å²) < 4.78 is 5.41. The molecule has 0 aliphatic carbocycles. The number of esters is 1. The van der Waals surface area contributed by atoms with Crippen LogP contribution in [0.2, 0.25) is 0 Å². The van der Waals surface area contributed by atoms with Crippen molar-refractivity contribution in [1.82, 2.24) is 10.4 Å². The molecule has 7 nitrogen and oxygen atoms in total. The number of carbonyl (C=O) groups is 3. The second kappa shape index (κ2) is 9.01. The lowest BCUT2D eigenvalue weighted by molar-refractivity contribution is -0.164. The van der Waals surface area contributed by atoms with Gasteiger partial charge < -0.3 is 9.64 Å². The summed E-state index contributed by atoms with van der Waals surface area (Å²) in [4.78, 5) is 38.2. The van der Waals surface area contributed by atoms with Gasteiger partial charge in [0.1, 0.15) is 11.6 Å². The first-order valence-corrected chi connectivity index (χ1v) is 8.66. The van der Waals surface area contributed by atoms with Gasteiger partial charge in [-0.1, -0.05) is 19.8 Å². The predicted octanol–water partition coefficient (Wildman–Crippen LogP) is 2.02. The van der Waals surface area contributed by atoms with Gasteiger partial charge in [-0.25, -0.2) is 10.3 Å². The molecule has 2 amide bonds. The number of hydrogen-bond acceptors (Lipinski definition) is 5. The summed E-state index contributed by atoms with van der Waals surface area (Å²) in [5.41, 5.74) is 0.977. The van der Waals surface area contributed by atoms with Crippen LogP contribution in [-0.2, 0) is 19.1 Å². The first-order valence-electron chi connectivity index (χ1n) is 8.66. The number of nitrogens with zero attached hydrogens (tertiary/aromatic N) is 1. The molecule has 0 aromatic rings. The van der Waals surface area contributed by atoms with Gasteiger partial charge in [-0.2, -0.15) is 0 Å². The zero-order valence-corrected chi connectivity index (χ0v) is 15.1. The molecule has 1 aliphatic rings. The highest BCUT2D eigenvalue weighted by Gasteiger charge is 2.39. The molecule has 0 aromatic carbocycles. The summed E-state index contributed by atoms with van der Waals surface area (Å²) in [6.45, 7) is 7.88. The molecule has 0 aromatic heterocycles. The molecule has 1 aliphatic heterocycles. The van der Waals surface area contributed by atoms with Crippen molar-refractivity contribution in [2.75, 3.05) is 6.54 Å². The molecule has 1 fully saturated rings. The van der Waals surface area contributed by atoms with E-state index in [2.05, 4.69) is 0 Å². The van der Waals surface area contributed by atoms with Crippen molar-refractivity contribution in [3.05, 3.63) is 0 Å². The van der Waals surface area contributed by atoms with Crippen LogP contribution in [0.5, 0.6) is 0 Å². The van der Waals surface area contributed by atoms with E-state index in [4.69, 9.17) is 9.94 Å². The van der Waals surface area contributed by atoms with E-state index < -0.39 is 29.4 Å². The summed E-state index contributed by atoms with van der Waals surface area (Å²) in [6, 6.07) is -0.585. The average molecular weight is 342 g/mol. The van der Waals surface area contributed by atoms with Crippen LogP contribution in [0.3, 0.4) is 0 Å². The van der Waals surface area contributed by atoms with Crippen molar-refractivity contribution in [3.63, 3.8) is 0 Å². The number of carbonyl (C=O) groups excluding carboxylic acids is 3. The molecule has 0 spiro atoms. The van der Waals surface area contributed by atoms with Gasteiger partial charge in [-0.3, -0.25) is 14.8 Å². The van der Waals surface area contributed by atoms with Crippen LogP contribution in [0, 0.1) is 5.92 Å². The van der Waals surface area contributed by atoms with Crippen molar-refractivity contribution < 1.29 is 24.3 Å². The number of likely N-dealkylation sites (tertiary alicyclic amines) is 1. The van der Waals surface area contributed by atoms with E-state index in [9.17, 15) is 14.4 Å². The molecule has 2 atom stereocenters. The topological polar surface area (TPSA) is 95.9 Å². The third kappa shape index (κ3) is 6.11. The highest BCUT2D eigenvalue weighted by atomic mass is 16.6. The molecule has 2 unspecified atom stereocenters. The van der Waals surface area contributed by atoms with Gasteiger partial charge in [-0.15, -0.1) is 0 Å². The Bertz CT molecular complexity index is 458. The van der Waals surface area contributed by atoms with E-state index in [0.717, 1.165) is 19.3 Å². The molecule has 1 heterocycles. The lowest BCUT2D eigenvalue weighted by Crippen LogP contribution is -2.46. The Balaban J connectivity index is 2.82. The maximum absolute atomic E-state index is 12.8. The van der Waals surface area contributed by atoms with Crippen LogP contribution in [-0.4, -0.2) is 46.1 Å². The molecular weight excluding hydrogens is 312 g/mol. The van der Waals surface area contributed by atoms with Gasteiger partial charge in [0, 0.05) is 18.9 Å². The maximum Gasteiger partial charge on any atom is 0.329 e. The zero-order valence-electron chi connectivity index (χ0n) is 15.1. The largest absolute Gasteiger partial charge is 0.458 e. The highest BCUT2D eigenvalue weighted by molar-refractivity contribution is 5.89. The standard InChI is InChI=1S/C17H30N2O5/c1-5-6-8-12(11-14(20)18-23)15(21)19-10-7-9-13(19)16(22)24-17(2,3)4/h12-13,23H,5-11H2,1-4H3,(H,18,20). The molecule has 2 N–H and O–H groups in total. The maximum atomic E-state index is 12.8. The Labute approximate surface area is 143 Å². The Kier molecular flexibility index (Phi) is 7.66. The summed E-state index contributed by atoms with van der Waals surface area (Å²) in [7, 11) is 0. The van der Waals surface area contributed by atoms with Gasteiger partial charge in [0.15, 0.2) is 0 Å². The number of rotatable bonds is 7. The van der Waals surface area contributed by atoms with E-state index in [1.54, 1.807) is 31.2 Å². The number of nitrogens with one attached hydrogen (secondary N) is 1. The lowest BCUT2D eigenvalue weighted by Gasteiger charge is -2.30. The summed E-state index contributed by atoms with van der Waals surface area (Å²) in [5.74, 6) is -1.72. The van der Waals surface area contributed by atoms with Gasteiger partial charge in [0.25, 0.3) is 0 Å². The minimum absolute atomic E-state index is 0.0765. The SMILES string of the molecule is CCCCC(CC(=O)NO)C(=O)N1CCCC1C(=O)OC(C)(C)C. The molecule has 7 heteroatoms. The molecule has 1 rings (SSSR count). The van der Waals surface area contributed by atoms with Gasteiger partial charge in [-0.05, 0) is 40.0 Å². The molecule has 1 saturated heterocycles. The number of unbranched alkanes of at least 4 members (excludes halogenated alkanes) is 1. The van der Waals surface area contributed by atoms with E-state index in [1.807, 2.05) is 6.92 Å². The van der Waals surface area contributed by atoms with Crippen LogP contribution in [0.15, 0.2) is 0 Å². The first kappa shape index (κ1) is 20.4. The van der Waals surface area contributed by atoms with Crippen LogP contribution in [0.25, 0.3) is 0 Å². The normalized spacial score (nSPS) is 19.0.